The molecule has 0 saturated carbocycles. The van der Waals surface area contributed by atoms with Crippen LogP contribution in [0.2, 0.25) is 0 Å². The van der Waals surface area contributed by atoms with Crippen LogP contribution in [0, 0.1) is 0 Å². The zero-order valence-electron chi connectivity index (χ0n) is 12.6. The summed E-state index contributed by atoms with van der Waals surface area (Å²) in [5, 5.41) is 3.54. The maximum Gasteiger partial charge on any atom is 0.0839 e. The molecule has 110 valence electrons. The van der Waals surface area contributed by atoms with Gasteiger partial charge in [0.1, 0.15) is 0 Å². The Kier molecular flexibility index (Phi) is 4.69. The van der Waals surface area contributed by atoms with E-state index in [1.165, 1.54) is 16.7 Å². The summed E-state index contributed by atoms with van der Waals surface area (Å²) in [6, 6.07) is 19.9. The summed E-state index contributed by atoms with van der Waals surface area (Å²) in [7, 11) is 0. The van der Waals surface area contributed by atoms with Gasteiger partial charge in [-0.3, -0.25) is 0 Å². The van der Waals surface area contributed by atoms with Crippen molar-refractivity contribution in [2.75, 3.05) is 13.2 Å². The van der Waals surface area contributed by atoms with Crippen molar-refractivity contribution < 1.29 is 4.74 Å². The zero-order valence-corrected chi connectivity index (χ0v) is 12.6. The lowest BCUT2D eigenvalue weighted by molar-refractivity contribution is 0.000603. The van der Waals surface area contributed by atoms with Gasteiger partial charge in [0.2, 0.25) is 0 Å². The van der Waals surface area contributed by atoms with E-state index in [1.807, 2.05) is 0 Å². The van der Waals surface area contributed by atoms with E-state index in [9.17, 15) is 0 Å². The number of hydrogen-bond donors (Lipinski definition) is 1. The average Bonchev–Trinajstić information content (AvgIpc) is 2.56. The van der Waals surface area contributed by atoms with Crippen molar-refractivity contribution in [2.45, 2.75) is 31.9 Å². The van der Waals surface area contributed by atoms with Crippen LogP contribution < -0.4 is 5.32 Å². The minimum Gasteiger partial charge on any atom is -0.373 e. The van der Waals surface area contributed by atoms with Gasteiger partial charge in [-0.15, -0.1) is 0 Å². The van der Waals surface area contributed by atoms with Crippen molar-refractivity contribution in [1.82, 2.24) is 5.32 Å². The van der Waals surface area contributed by atoms with Gasteiger partial charge in [-0.2, -0.15) is 0 Å². The fourth-order valence-corrected chi connectivity index (χ4v) is 3.02. The summed E-state index contributed by atoms with van der Waals surface area (Å²) in [5.41, 5.74) is 3.81. The predicted octanol–water partition coefficient (Wildman–Crippen LogP) is 4.18. The van der Waals surface area contributed by atoms with Gasteiger partial charge in [-0.1, -0.05) is 61.5 Å². The highest BCUT2D eigenvalue weighted by molar-refractivity contribution is 5.63. The molecule has 1 heterocycles. The fourth-order valence-electron chi connectivity index (χ4n) is 3.02. The maximum atomic E-state index is 5.95. The van der Waals surface area contributed by atoms with Gasteiger partial charge in [0.15, 0.2) is 0 Å². The molecule has 0 bridgehead atoms. The van der Waals surface area contributed by atoms with Gasteiger partial charge >= 0.3 is 0 Å². The maximum absolute atomic E-state index is 5.95. The molecule has 3 rings (SSSR count). The Balaban J connectivity index is 1.72. The van der Waals surface area contributed by atoms with Gasteiger partial charge in [-0.05, 0) is 36.1 Å². The first-order valence-electron chi connectivity index (χ1n) is 7.87. The Morgan fingerprint density at radius 3 is 2.43 bits per heavy atom. The second-order valence-electron chi connectivity index (χ2n) is 5.63. The van der Waals surface area contributed by atoms with Crippen molar-refractivity contribution in [1.29, 1.82) is 0 Å². The van der Waals surface area contributed by atoms with Crippen molar-refractivity contribution in [2.24, 2.45) is 0 Å². The van der Waals surface area contributed by atoms with Crippen LogP contribution >= 0.6 is 0 Å². The Hall–Kier alpha value is -1.64. The van der Waals surface area contributed by atoms with E-state index in [0.717, 1.165) is 26.0 Å². The molecule has 1 aliphatic heterocycles. The average molecular weight is 281 g/mol. The van der Waals surface area contributed by atoms with E-state index in [4.69, 9.17) is 4.74 Å². The minimum absolute atomic E-state index is 0.229. The fraction of sp³-hybridized carbons (Fsp3) is 0.368. The third kappa shape index (κ3) is 3.52. The summed E-state index contributed by atoms with van der Waals surface area (Å²) in [4.78, 5) is 0. The normalized spacial score (nSPS) is 22.1. The van der Waals surface area contributed by atoms with Crippen molar-refractivity contribution in [3.05, 3.63) is 60.2 Å². The van der Waals surface area contributed by atoms with Crippen LogP contribution in [-0.2, 0) is 4.74 Å². The molecule has 1 aliphatic rings. The van der Waals surface area contributed by atoms with Gasteiger partial charge in [0, 0.05) is 12.6 Å². The Labute approximate surface area is 127 Å². The summed E-state index contributed by atoms with van der Waals surface area (Å²) < 4.78 is 5.95. The highest BCUT2D eigenvalue weighted by Gasteiger charge is 2.23. The molecule has 21 heavy (non-hydrogen) atoms. The summed E-state index contributed by atoms with van der Waals surface area (Å²) >= 11 is 0. The van der Waals surface area contributed by atoms with Crippen molar-refractivity contribution in [3.63, 3.8) is 0 Å². The SMILES string of the molecule is CCNC1CCOC(c2ccc(-c3ccccc3)cc2)C1. The number of benzene rings is 2. The van der Waals surface area contributed by atoms with Crippen LogP contribution in [0.4, 0.5) is 0 Å². The van der Waals surface area contributed by atoms with Gasteiger partial charge in [-0.25, -0.2) is 0 Å². The van der Waals surface area contributed by atoms with E-state index in [2.05, 4.69) is 66.8 Å². The molecule has 1 saturated heterocycles. The van der Waals surface area contributed by atoms with E-state index < -0.39 is 0 Å². The van der Waals surface area contributed by atoms with E-state index in [1.54, 1.807) is 0 Å². The lowest BCUT2D eigenvalue weighted by Crippen LogP contribution is -2.35. The Bertz CT molecular complexity index is 548. The lowest BCUT2D eigenvalue weighted by Gasteiger charge is -2.30. The molecule has 2 aromatic carbocycles. The van der Waals surface area contributed by atoms with Crippen molar-refractivity contribution in [3.8, 4) is 11.1 Å². The van der Waals surface area contributed by atoms with Crippen LogP contribution in [0.3, 0.4) is 0 Å². The molecule has 2 aromatic rings. The molecule has 0 aromatic heterocycles. The smallest absolute Gasteiger partial charge is 0.0839 e. The Morgan fingerprint density at radius 2 is 1.71 bits per heavy atom. The lowest BCUT2D eigenvalue weighted by atomic mass is 9.95. The quantitative estimate of drug-likeness (QED) is 0.907. The van der Waals surface area contributed by atoms with E-state index in [-0.39, 0.29) is 6.10 Å². The summed E-state index contributed by atoms with van der Waals surface area (Å²) in [6.45, 7) is 4.05. The second-order valence-corrected chi connectivity index (χ2v) is 5.63. The molecule has 0 spiro atoms. The molecule has 2 heteroatoms. The molecule has 2 nitrogen and oxygen atoms in total. The molecule has 2 atom stereocenters. The molecular weight excluding hydrogens is 258 g/mol. The molecular formula is C19H23NO. The van der Waals surface area contributed by atoms with E-state index >= 15 is 0 Å². The highest BCUT2D eigenvalue weighted by atomic mass is 16.5. The number of ether oxygens (including phenoxy) is 1. The third-order valence-corrected chi connectivity index (χ3v) is 4.17. The molecule has 1 N–H and O–H groups in total. The van der Waals surface area contributed by atoms with Gasteiger partial charge < -0.3 is 10.1 Å². The largest absolute Gasteiger partial charge is 0.373 e. The van der Waals surface area contributed by atoms with Crippen LogP contribution in [0.1, 0.15) is 31.4 Å². The second kappa shape index (κ2) is 6.88. The first-order valence-corrected chi connectivity index (χ1v) is 7.87. The van der Waals surface area contributed by atoms with E-state index in [0.29, 0.717) is 6.04 Å². The van der Waals surface area contributed by atoms with Crippen LogP contribution in [0.25, 0.3) is 11.1 Å². The Morgan fingerprint density at radius 1 is 1.00 bits per heavy atom. The van der Waals surface area contributed by atoms with Crippen LogP contribution in [0.5, 0.6) is 0 Å². The van der Waals surface area contributed by atoms with Crippen LogP contribution in [-0.4, -0.2) is 19.2 Å². The highest BCUT2D eigenvalue weighted by Crippen LogP contribution is 2.29. The standard InChI is InChI=1S/C19H23NO/c1-2-20-18-12-13-21-19(14-18)17-10-8-16(9-11-17)15-6-4-3-5-7-15/h3-11,18-20H,2,12-14H2,1H3. The number of nitrogens with one attached hydrogen (secondary N) is 1. The van der Waals surface area contributed by atoms with Crippen molar-refractivity contribution >= 4 is 0 Å². The molecule has 0 aliphatic carbocycles. The molecule has 0 radical (unpaired) electrons. The first-order chi connectivity index (χ1) is 10.4. The topological polar surface area (TPSA) is 21.3 Å². The third-order valence-electron chi connectivity index (χ3n) is 4.17. The monoisotopic (exact) mass is 281 g/mol. The molecule has 1 fully saturated rings. The first kappa shape index (κ1) is 14.3. The molecule has 2 unspecified atom stereocenters. The predicted molar refractivity (Wildman–Crippen MR) is 87.3 cm³/mol. The zero-order chi connectivity index (χ0) is 14.5. The number of rotatable bonds is 4. The van der Waals surface area contributed by atoms with Gasteiger partial charge in [0.25, 0.3) is 0 Å². The van der Waals surface area contributed by atoms with Crippen LogP contribution in [0.15, 0.2) is 54.6 Å². The summed E-state index contributed by atoms with van der Waals surface area (Å²) in [6.07, 6.45) is 2.41. The van der Waals surface area contributed by atoms with Gasteiger partial charge in [0.05, 0.1) is 6.10 Å². The molecule has 0 amide bonds. The number of hydrogen-bond acceptors (Lipinski definition) is 2. The minimum atomic E-state index is 0.229. The summed E-state index contributed by atoms with van der Waals surface area (Å²) in [5.74, 6) is 0.